The summed E-state index contributed by atoms with van der Waals surface area (Å²) >= 11 is 0. The standard InChI is InChI=1S/C25H24O12/c26-15-5-1-13(9-17(15)28)3-7-21(30)36-19-11-25(35,24(33)34)12-20(23(19)32)37-22(31)8-4-14-2-6-16(27)18(29)10-14/h1-10,19-20,23,26-29,32,35H,11-12H2,(H,33,34)/t19-,20+,23?,25?. The number of carbonyl (C=O) groups excluding carboxylic acids is 2. The van der Waals surface area contributed by atoms with Gasteiger partial charge in [0.25, 0.3) is 0 Å². The van der Waals surface area contributed by atoms with E-state index in [1.165, 1.54) is 48.6 Å². The van der Waals surface area contributed by atoms with Crippen LogP contribution in [0.1, 0.15) is 24.0 Å². The second kappa shape index (κ2) is 11.0. The van der Waals surface area contributed by atoms with E-state index in [0.29, 0.717) is 11.1 Å². The Labute approximate surface area is 209 Å². The van der Waals surface area contributed by atoms with E-state index in [2.05, 4.69) is 0 Å². The first kappa shape index (κ1) is 27.0. The van der Waals surface area contributed by atoms with Crippen molar-refractivity contribution in [3.05, 3.63) is 59.7 Å². The van der Waals surface area contributed by atoms with Gasteiger partial charge in [0.2, 0.25) is 0 Å². The van der Waals surface area contributed by atoms with Gasteiger partial charge in [-0.2, -0.15) is 0 Å². The summed E-state index contributed by atoms with van der Waals surface area (Å²) < 4.78 is 10.2. The van der Waals surface area contributed by atoms with Crippen molar-refractivity contribution in [3.63, 3.8) is 0 Å². The highest BCUT2D eigenvalue weighted by molar-refractivity contribution is 5.88. The van der Waals surface area contributed by atoms with Crippen LogP contribution in [0.5, 0.6) is 23.0 Å². The molecule has 0 saturated heterocycles. The minimum atomic E-state index is -2.48. The summed E-state index contributed by atoms with van der Waals surface area (Å²) in [6.07, 6.45) is -1.86. The van der Waals surface area contributed by atoms with Crippen LogP contribution >= 0.6 is 0 Å². The minimum Gasteiger partial charge on any atom is -0.504 e. The number of hydrogen-bond acceptors (Lipinski definition) is 11. The second-order valence-corrected chi connectivity index (χ2v) is 8.35. The van der Waals surface area contributed by atoms with Crippen LogP contribution < -0.4 is 0 Å². The lowest BCUT2D eigenvalue weighted by molar-refractivity contribution is -0.203. The average molecular weight is 516 g/mol. The zero-order valence-corrected chi connectivity index (χ0v) is 19.1. The zero-order chi connectivity index (χ0) is 27.3. The number of carboxylic acid groups (broad SMARTS) is 1. The molecule has 1 aliphatic carbocycles. The maximum absolute atomic E-state index is 12.3. The van der Waals surface area contributed by atoms with Crippen molar-refractivity contribution in [2.24, 2.45) is 0 Å². The van der Waals surface area contributed by atoms with Crippen molar-refractivity contribution < 1.29 is 59.6 Å². The molecule has 1 aliphatic rings. The summed E-state index contributed by atoms with van der Waals surface area (Å²) in [5, 5.41) is 68.3. The van der Waals surface area contributed by atoms with Crippen LogP contribution in [0.15, 0.2) is 48.6 Å². The highest BCUT2D eigenvalue weighted by Gasteiger charge is 2.52. The molecule has 0 heterocycles. The number of aliphatic hydroxyl groups is 2. The zero-order valence-electron chi connectivity index (χ0n) is 19.1. The van der Waals surface area contributed by atoms with Crippen LogP contribution in [0.2, 0.25) is 0 Å². The van der Waals surface area contributed by atoms with Gasteiger partial charge >= 0.3 is 17.9 Å². The topological polar surface area (TPSA) is 211 Å². The fourth-order valence-corrected chi connectivity index (χ4v) is 3.62. The van der Waals surface area contributed by atoms with E-state index < -0.39 is 66.2 Å². The molecule has 0 aromatic heterocycles. The van der Waals surface area contributed by atoms with Crippen LogP contribution in [0.3, 0.4) is 0 Å². The summed E-state index contributed by atoms with van der Waals surface area (Å²) in [5.41, 5.74) is -1.84. The van der Waals surface area contributed by atoms with Crippen LogP contribution in [0.25, 0.3) is 12.2 Å². The van der Waals surface area contributed by atoms with Crippen molar-refractivity contribution in [1.82, 2.24) is 0 Å². The molecule has 7 N–H and O–H groups in total. The molecule has 1 fully saturated rings. The maximum Gasteiger partial charge on any atom is 0.335 e. The molecule has 37 heavy (non-hydrogen) atoms. The molecule has 4 atom stereocenters. The third-order valence-corrected chi connectivity index (χ3v) is 5.60. The molecule has 12 nitrogen and oxygen atoms in total. The summed E-state index contributed by atoms with van der Waals surface area (Å²) in [5.74, 6) is -5.31. The van der Waals surface area contributed by atoms with Gasteiger partial charge in [-0.25, -0.2) is 14.4 Å². The van der Waals surface area contributed by atoms with Gasteiger partial charge in [0.1, 0.15) is 18.3 Å². The summed E-state index contributed by atoms with van der Waals surface area (Å²) in [6.45, 7) is 0. The number of aromatic hydroxyl groups is 4. The molecule has 2 aromatic carbocycles. The first-order valence-corrected chi connectivity index (χ1v) is 10.8. The van der Waals surface area contributed by atoms with Gasteiger partial charge in [-0.05, 0) is 47.5 Å². The normalized spacial score (nSPS) is 23.7. The number of benzene rings is 2. The average Bonchev–Trinajstić information content (AvgIpc) is 2.83. The molecule has 2 aromatic rings. The molecule has 196 valence electrons. The largest absolute Gasteiger partial charge is 0.504 e. The van der Waals surface area contributed by atoms with Gasteiger partial charge < -0.3 is 45.2 Å². The Morgan fingerprint density at radius 1 is 0.757 bits per heavy atom. The van der Waals surface area contributed by atoms with Crippen molar-refractivity contribution in [3.8, 4) is 23.0 Å². The molecular formula is C25H24O12. The van der Waals surface area contributed by atoms with Gasteiger partial charge in [0, 0.05) is 25.0 Å². The molecular weight excluding hydrogens is 492 g/mol. The number of phenols is 4. The van der Waals surface area contributed by atoms with Gasteiger partial charge in [0.15, 0.2) is 28.6 Å². The predicted molar refractivity (Wildman–Crippen MR) is 125 cm³/mol. The molecule has 3 rings (SSSR count). The summed E-state index contributed by atoms with van der Waals surface area (Å²) in [7, 11) is 0. The number of aliphatic hydroxyl groups excluding tert-OH is 1. The molecule has 12 heteroatoms. The molecule has 0 amide bonds. The van der Waals surface area contributed by atoms with Crippen molar-refractivity contribution in [2.75, 3.05) is 0 Å². The van der Waals surface area contributed by atoms with Crippen molar-refractivity contribution >= 4 is 30.1 Å². The van der Waals surface area contributed by atoms with Gasteiger partial charge in [0.05, 0.1) is 0 Å². The number of esters is 2. The van der Waals surface area contributed by atoms with Crippen molar-refractivity contribution in [1.29, 1.82) is 0 Å². The molecule has 1 saturated carbocycles. The predicted octanol–water partition coefficient (Wildman–Crippen LogP) is 1.03. The van der Waals surface area contributed by atoms with Crippen LogP contribution in [-0.4, -0.2) is 77.6 Å². The van der Waals surface area contributed by atoms with E-state index in [9.17, 15) is 50.1 Å². The number of carbonyl (C=O) groups is 3. The number of rotatable bonds is 7. The molecule has 0 spiro atoms. The quantitative estimate of drug-likeness (QED) is 0.156. The van der Waals surface area contributed by atoms with E-state index in [-0.39, 0.29) is 11.5 Å². The van der Waals surface area contributed by atoms with Crippen LogP contribution in [-0.2, 0) is 23.9 Å². The first-order chi connectivity index (χ1) is 17.4. The number of phenolic OH excluding ortho intramolecular Hbond substituents is 4. The first-order valence-electron chi connectivity index (χ1n) is 10.8. The van der Waals surface area contributed by atoms with Crippen LogP contribution in [0, 0.1) is 0 Å². The Bertz CT molecular complexity index is 1160. The Hall–Kier alpha value is -4.55. The molecule has 0 bridgehead atoms. The number of hydrogen-bond donors (Lipinski definition) is 7. The Kier molecular flexibility index (Phi) is 8.05. The Morgan fingerprint density at radius 2 is 1.16 bits per heavy atom. The number of aliphatic carboxylic acids is 1. The second-order valence-electron chi connectivity index (χ2n) is 8.35. The third-order valence-electron chi connectivity index (χ3n) is 5.60. The Morgan fingerprint density at radius 3 is 1.51 bits per heavy atom. The van der Waals surface area contributed by atoms with Crippen LogP contribution in [0.4, 0.5) is 0 Å². The smallest absolute Gasteiger partial charge is 0.335 e. The third kappa shape index (κ3) is 6.78. The van der Waals surface area contributed by atoms with E-state index >= 15 is 0 Å². The Balaban J connectivity index is 1.71. The lowest BCUT2D eigenvalue weighted by Crippen LogP contribution is -2.58. The van der Waals surface area contributed by atoms with Gasteiger partial charge in [-0.3, -0.25) is 0 Å². The molecule has 2 unspecified atom stereocenters. The fraction of sp³-hybridized carbons (Fsp3) is 0.240. The summed E-state index contributed by atoms with van der Waals surface area (Å²) in [6, 6.07) is 7.49. The van der Waals surface area contributed by atoms with E-state index in [1.807, 2.05) is 0 Å². The lowest BCUT2D eigenvalue weighted by Gasteiger charge is -2.40. The van der Waals surface area contributed by atoms with Gasteiger partial charge in [-0.15, -0.1) is 0 Å². The fourth-order valence-electron chi connectivity index (χ4n) is 3.62. The van der Waals surface area contributed by atoms with Gasteiger partial charge in [-0.1, -0.05) is 12.1 Å². The number of carboxylic acids is 1. The lowest BCUT2D eigenvalue weighted by atomic mass is 9.79. The van der Waals surface area contributed by atoms with E-state index in [4.69, 9.17) is 9.47 Å². The number of ether oxygens (including phenoxy) is 2. The van der Waals surface area contributed by atoms with E-state index in [1.54, 1.807) is 0 Å². The van der Waals surface area contributed by atoms with E-state index in [0.717, 1.165) is 12.2 Å². The SMILES string of the molecule is O=C(C=Cc1ccc(O)c(O)c1)O[C@H]1CC(O)(C(=O)O)C[C@@H](OC(=O)C=Cc2ccc(O)c(O)c2)C1O. The molecule has 0 radical (unpaired) electrons. The molecule has 0 aliphatic heterocycles. The maximum atomic E-state index is 12.3. The van der Waals surface area contributed by atoms with Crippen molar-refractivity contribution in [2.45, 2.75) is 36.8 Å². The minimum absolute atomic E-state index is 0.319. The monoisotopic (exact) mass is 516 g/mol. The highest BCUT2D eigenvalue weighted by Crippen LogP contribution is 2.33. The highest BCUT2D eigenvalue weighted by atomic mass is 16.6. The summed E-state index contributed by atoms with van der Waals surface area (Å²) in [4.78, 5) is 36.2.